The SMILES string of the molecule is C=CCCCC(=O)c1ncccc1Cl. The maximum absolute atomic E-state index is 11.6. The summed E-state index contributed by atoms with van der Waals surface area (Å²) in [7, 11) is 0. The Morgan fingerprint density at radius 1 is 1.64 bits per heavy atom. The Kier molecular flexibility index (Phi) is 4.33. The molecule has 0 aromatic carbocycles. The van der Waals surface area contributed by atoms with E-state index in [1.807, 2.05) is 0 Å². The van der Waals surface area contributed by atoms with Crippen LogP contribution in [0.1, 0.15) is 29.8 Å². The van der Waals surface area contributed by atoms with Crippen LogP contribution in [-0.4, -0.2) is 10.8 Å². The lowest BCUT2D eigenvalue weighted by Crippen LogP contribution is -2.02. The van der Waals surface area contributed by atoms with Crippen molar-refractivity contribution in [1.82, 2.24) is 4.98 Å². The Balaban J connectivity index is 2.60. The summed E-state index contributed by atoms with van der Waals surface area (Å²) in [6.45, 7) is 3.59. The van der Waals surface area contributed by atoms with Gasteiger partial charge >= 0.3 is 0 Å². The third-order valence-electron chi connectivity index (χ3n) is 1.83. The minimum atomic E-state index is -0.00236. The third kappa shape index (κ3) is 2.96. The zero-order valence-electron chi connectivity index (χ0n) is 7.87. The van der Waals surface area contributed by atoms with E-state index in [9.17, 15) is 4.79 Å². The van der Waals surface area contributed by atoms with Crippen LogP contribution in [0.3, 0.4) is 0 Å². The standard InChI is InChI=1S/C11H12ClNO/c1-2-3-4-7-10(14)11-9(12)6-5-8-13-11/h2,5-6,8H,1,3-4,7H2. The van der Waals surface area contributed by atoms with E-state index in [1.165, 1.54) is 0 Å². The summed E-state index contributed by atoms with van der Waals surface area (Å²) in [6, 6.07) is 3.39. The van der Waals surface area contributed by atoms with Gasteiger partial charge < -0.3 is 0 Å². The van der Waals surface area contributed by atoms with Gasteiger partial charge in [-0.2, -0.15) is 0 Å². The van der Waals surface area contributed by atoms with Crippen LogP contribution in [0, 0.1) is 0 Å². The number of carbonyl (C=O) groups is 1. The second-order valence-corrected chi connectivity index (χ2v) is 3.35. The molecule has 0 amide bonds. The number of pyridine rings is 1. The molecule has 1 aromatic heterocycles. The minimum Gasteiger partial charge on any atom is -0.292 e. The Hall–Kier alpha value is -1.15. The predicted molar refractivity (Wildman–Crippen MR) is 57.6 cm³/mol. The van der Waals surface area contributed by atoms with Crippen molar-refractivity contribution >= 4 is 17.4 Å². The first-order valence-corrected chi connectivity index (χ1v) is 4.88. The van der Waals surface area contributed by atoms with Gasteiger partial charge in [-0.1, -0.05) is 17.7 Å². The smallest absolute Gasteiger partial charge is 0.182 e. The van der Waals surface area contributed by atoms with Crippen LogP contribution in [-0.2, 0) is 0 Å². The van der Waals surface area contributed by atoms with E-state index in [-0.39, 0.29) is 5.78 Å². The Morgan fingerprint density at radius 3 is 3.07 bits per heavy atom. The molecule has 0 aliphatic rings. The maximum atomic E-state index is 11.6. The molecule has 1 heterocycles. The van der Waals surface area contributed by atoms with Gasteiger partial charge in [0.1, 0.15) is 5.69 Å². The molecule has 0 N–H and O–H groups in total. The topological polar surface area (TPSA) is 30.0 Å². The fraction of sp³-hybridized carbons (Fsp3) is 0.273. The molecule has 0 saturated heterocycles. The van der Waals surface area contributed by atoms with Gasteiger partial charge in [-0.3, -0.25) is 9.78 Å². The summed E-state index contributed by atoms with van der Waals surface area (Å²) in [4.78, 5) is 15.5. The Labute approximate surface area is 88.6 Å². The first kappa shape index (κ1) is 10.9. The van der Waals surface area contributed by atoms with Crippen LogP contribution in [0.25, 0.3) is 0 Å². The zero-order valence-corrected chi connectivity index (χ0v) is 8.63. The number of aromatic nitrogens is 1. The van der Waals surface area contributed by atoms with Crippen molar-refractivity contribution in [2.45, 2.75) is 19.3 Å². The van der Waals surface area contributed by atoms with Crippen LogP contribution in [0.2, 0.25) is 5.02 Å². The molecule has 74 valence electrons. The van der Waals surface area contributed by atoms with E-state index in [0.717, 1.165) is 12.8 Å². The fourth-order valence-electron chi connectivity index (χ4n) is 1.12. The van der Waals surface area contributed by atoms with Crippen molar-refractivity contribution in [1.29, 1.82) is 0 Å². The van der Waals surface area contributed by atoms with Crippen molar-refractivity contribution in [2.24, 2.45) is 0 Å². The highest BCUT2D eigenvalue weighted by Gasteiger charge is 2.09. The number of Topliss-reactive ketones (excluding diaryl/α,β-unsaturated/α-hetero) is 1. The van der Waals surface area contributed by atoms with Gasteiger partial charge in [0.2, 0.25) is 0 Å². The van der Waals surface area contributed by atoms with E-state index in [1.54, 1.807) is 24.4 Å². The average molecular weight is 210 g/mol. The van der Waals surface area contributed by atoms with Crippen molar-refractivity contribution in [3.63, 3.8) is 0 Å². The summed E-state index contributed by atoms with van der Waals surface area (Å²) < 4.78 is 0. The minimum absolute atomic E-state index is 0.00236. The molecule has 0 saturated carbocycles. The summed E-state index contributed by atoms with van der Waals surface area (Å²) in [6.07, 6.45) is 5.49. The van der Waals surface area contributed by atoms with Gasteiger partial charge in [0.05, 0.1) is 5.02 Å². The fourth-order valence-corrected chi connectivity index (χ4v) is 1.34. The molecule has 0 aliphatic heterocycles. The molecule has 0 bridgehead atoms. The van der Waals surface area contributed by atoms with E-state index in [4.69, 9.17) is 11.6 Å². The van der Waals surface area contributed by atoms with Crippen molar-refractivity contribution in [3.05, 3.63) is 41.7 Å². The van der Waals surface area contributed by atoms with E-state index >= 15 is 0 Å². The molecule has 0 atom stereocenters. The largest absolute Gasteiger partial charge is 0.292 e. The number of rotatable bonds is 5. The third-order valence-corrected chi connectivity index (χ3v) is 2.14. The number of hydrogen-bond acceptors (Lipinski definition) is 2. The second kappa shape index (κ2) is 5.55. The molecule has 0 unspecified atom stereocenters. The van der Waals surface area contributed by atoms with Gasteiger partial charge in [-0.05, 0) is 25.0 Å². The van der Waals surface area contributed by atoms with E-state index < -0.39 is 0 Å². The number of ketones is 1. The van der Waals surface area contributed by atoms with Crippen LogP contribution in [0.4, 0.5) is 0 Å². The molecular formula is C11H12ClNO. The maximum Gasteiger partial charge on any atom is 0.182 e. The molecule has 0 aliphatic carbocycles. The van der Waals surface area contributed by atoms with Gasteiger partial charge in [0, 0.05) is 12.6 Å². The highest BCUT2D eigenvalue weighted by atomic mass is 35.5. The monoisotopic (exact) mass is 209 g/mol. The summed E-state index contributed by atoms with van der Waals surface area (Å²) in [5.41, 5.74) is 0.373. The van der Waals surface area contributed by atoms with Crippen LogP contribution < -0.4 is 0 Å². The predicted octanol–water partition coefficient (Wildman–Crippen LogP) is 3.27. The summed E-state index contributed by atoms with van der Waals surface area (Å²) in [5.74, 6) is -0.00236. The van der Waals surface area contributed by atoms with Crippen molar-refractivity contribution in [3.8, 4) is 0 Å². The quantitative estimate of drug-likeness (QED) is 0.423. The molecule has 1 rings (SSSR count). The number of nitrogens with zero attached hydrogens (tertiary/aromatic N) is 1. The molecule has 0 fully saturated rings. The van der Waals surface area contributed by atoms with Gasteiger partial charge in [0.15, 0.2) is 5.78 Å². The number of carbonyl (C=O) groups excluding carboxylic acids is 1. The van der Waals surface area contributed by atoms with Gasteiger partial charge in [-0.15, -0.1) is 6.58 Å². The first-order valence-electron chi connectivity index (χ1n) is 4.50. The number of hydrogen-bond donors (Lipinski definition) is 0. The average Bonchev–Trinajstić information content (AvgIpc) is 2.18. The van der Waals surface area contributed by atoms with Crippen LogP contribution in [0.15, 0.2) is 31.0 Å². The lowest BCUT2D eigenvalue weighted by molar-refractivity contribution is 0.0976. The number of halogens is 1. The molecule has 0 spiro atoms. The Bertz CT molecular complexity index is 336. The highest BCUT2D eigenvalue weighted by Crippen LogP contribution is 2.15. The molecule has 2 nitrogen and oxygen atoms in total. The number of unbranched alkanes of at least 4 members (excludes halogenated alkanes) is 1. The van der Waals surface area contributed by atoms with Gasteiger partial charge in [0.25, 0.3) is 0 Å². The summed E-state index contributed by atoms with van der Waals surface area (Å²) >= 11 is 5.83. The lowest BCUT2D eigenvalue weighted by Gasteiger charge is -2.00. The van der Waals surface area contributed by atoms with E-state index in [0.29, 0.717) is 17.1 Å². The first-order chi connectivity index (χ1) is 6.75. The zero-order chi connectivity index (χ0) is 10.4. The number of allylic oxidation sites excluding steroid dienone is 1. The van der Waals surface area contributed by atoms with Crippen molar-refractivity contribution < 1.29 is 4.79 Å². The second-order valence-electron chi connectivity index (χ2n) is 2.94. The normalized spacial score (nSPS) is 9.79. The molecule has 1 aromatic rings. The lowest BCUT2D eigenvalue weighted by atomic mass is 10.1. The molecule has 14 heavy (non-hydrogen) atoms. The highest BCUT2D eigenvalue weighted by molar-refractivity contribution is 6.33. The van der Waals surface area contributed by atoms with E-state index in [2.05, 4.69) is 11.6 Å². The van der Waals surface area contributed by atoms with Crippen LogP contribution in [0.5, 0.6) is 0 Å². The van der Waals surface area contributed by atoms with Crippen molar-refractivity contribution in [2.75, 3.05) is 0 Å². The summed E-state index contributed by atoms with van der Waals surface area (Å²) in [5, 5.41) is 0.427. The Morgan fingerprint density at radius 2 is 2.43 bits per heavy atom. The van der Waals surface area contributed by atoms with Gasteiger partial charge in [-0.25, -0.2) is 0 Å². The molecule has 3 heteroatoms. The molecular weight excluding hydrogens is 198 g/mol. The van der Waals surface area contributed by atoms with Crippen LogP contribution >= 0.6 is 11.6 Å². The molecule has 0 radical (unpaired) electrons.